The van der Waals surface area contributed by atoms with E-state index in [1.165, 1.54) is 12.1 Å². The molecule has 2 aromatic rings. The minimum absolute atomic E-state index is 0.0324. The number of carbonyl (C=O) groups is 1. The van der Waals surface area contributed by atoms with Gasteiger partial charge >= 0.3 is 0 Å². The van der Waals surface area contributed by atoms with Gasteiger partial charge in [-0.15, -0.1) is 0 Å². The van der Waals surface area contributed by atoms with Crippen LogP contribution in [0.4, 0.5) is 5.69 Å². The van der Waals surface area contributed by atoms with Crippen molar-refractivity contribution in [3.8, 4) is 0 Å². The molecule has 0 saturated carbocycles. The Morgan fingerprint density at radius 3 is 2.55 bits per heavy atom. The Morgan fingerprint density at radius 1 is 1.23 bits per heavy atom. The summed E-state index contributed by atoms with van der Waals surface area (Å²) in [5.41, 5.74) is 0.865. The molecule has 0 aliphatic rings. The molecule has 1 amide bonds. The Bertz CT molecular complexity index is 734. The fourth-order valence-electron chi connectivity index (χ4n) is 1.94. The van der Waals surface area contributed by atoms with Crippen LogP contribution in [-0.4, -0.2) is 10.8 Å². The second-order valence-corrected chi connectivity index (χ2v) is 5.52. The number of non-ortho nitro benzene ring substituents is 1. The van der Waals surface area contributed by atoms with Crippen LogP contribution in [0.25, 0.3) is 0 Å². The standard InChI is InChI=1S/C15H12Cl2N2O3/c1-9(10-3-2-4-11(16)7-10)18-15(20)13-6-5-12(19(21)22)8-14(13)17/h2-9H,1H3,(H,18,20). The molecule has 5 nitrogen and oxygen atoms in total. The molecule has 0 aromatic heterocycles. The van der Waals surface area contributed by atoms with Crippen LogP contribution < -0.4 is 5.32 Å². The van der Waals surface area contributed by atoms with Crippen molar-refractivity contribution in [2.75, 3.05) is 0 Å². The Kier molecular flexibility index (Phi) is 5.00. The van der Waals surface area contributed by atoms with E-state index < -0.39 is 10.8 Å². The van der Waals surface area contributed by atoms with Crippen molar-refractivity contribution >= 4 is 34.8 Å². The first-order valence-corrected chi connectivity index (χ1v) is 7.14. The molecule has 2 aromatic carbocycles. The van der Waals surface area contributed by atoms with Gasteiger partial charge in [-0.25, -0.2) is 0 Å². The zero-order valence-corrected chi connectivity index (χ0v) is 13.1. The minimum Gasteiger partial charge on any atom is -0.345 e. The summed E-state index contributed by atoms with van der Waals surface area (Å²) >= 11 is 11.9. The van der Waals surface area contributed by atoms with Gasteiger partial charge < -0.3 is 5.32 Å². The van der Waals surface area contributed by atoms with E-state index in [1.54, 1.807) is 18.2 Å². The molecular weight excluding hydrogens is 327 g/mol. The molecule has 0 bridgehead atoms. The molecule has 0 heterocycles. The second kappa shape index (κ2) is 6.77. The van der Waals surface area contributed by atoms with Gasteiger partial charge in [0.25, 0.3) is 11.6 Å². The SMILES string of the molecule is CC(NC(=O)c1ccc([N+](=O)[O-])cc1Cl)c1cccc(Cl)c1. The molecule has 2 rings (SSSR count). The van der Waals surface area contributed by atoms with Crippen molar-refractivity contribution in [1.29, 1.82) is 0 Å². The van der Waals surface area contributed by atoms with E-state index in [0.29, 0.717) is 5.02 Å². The van der Waals surface area contributed by atoms with Crippen molar-refractivity contribution in [1.82, 2.24) is 5.32 Å². The number of nitrogens with zero attached hydrogens (tertiary/aromatic N) is 1. The first-order chi connectivity index (χ1) is 10.4. The maximum atomic E-state index is 12.2. The topological polar surface area (TPSA) is 72.2 Å². The molecule has 1 N–H and O–H groups in total. The van der Waals surface area contributed by atoms with Crippen LogP contribution in [0, 0.1) is 10.1 Å². The van der Waals surface area contributed by atoms with Crippen LogP contribution in [0.2, 0.25) is 10.0 Å². The zero-order chi connectivity index (χ0) is 16.3. The highest BCUT2D eigenvalue weighted by Gasteiger charge is 2.17. The van der Waals surface area contributed by atoms with Crippen LogP contribution in [-0.2, 0) is 0 Å². The van der Waals surface area contributed by atoms with E-state index in [0.717, 1.165) is 11.6 Å². The van der Waals surface area contributed by atoms with E-state index in [9.17, 15) is 14.9 Å². The number of hydrogen-bond acceptors (Lipinski definition) is 3. The highest BCUT2D eigenvalue weighted by Crippen LogP contribution is 2.24. The lowest BCUT2D eigenvalue weighted by atomic mass is 10.1. The smallest absolute Gasteiger partial charge is 0.270 e. The number of amides is 1. The van der Waals surface area contributed by atoms with Gasteiger partial charge in [-0.1, -0.05) is 35.3 Å². The number of nitrogens with one attached hydrogen (secondary N) is 1. The summed E-state index contributed by atoms with van der Waals surface area (Å²) in [7, 11) is 0. The maximum Gasteiger partial charge on any atom is 0.270 e. The van der Waals surface area contributed by atoms with E-state index >= 15 is 0 Å². The monoisotopic (exact) mass is 338 g/mol. The van der Waals surface area contributed by atoms with Gasteiger partial charge in [-0.05, 0) is 30.7 Å². The van der Waals surface area contributed by atoms with Gasteiger partial charge in [-0.2, -0.15) is 0 Å². The van der Waals surface area contributed by atoms with E-state index in [-0.39, 0.29) is 22.3 Å². The van der Waals surface area contributed by atoms with Crippen molar-refractivity contribution in [2.45, 2.75) is 13.0 Å². The molecule has 7 heteroatoms. The Hall–Kier alpha value is -2.11. The van der Waals surface area contributed by atoms with Crippen LogP contribution in [0.15, 0.2) is 42.5 Å². The molecule has 0 fully saturated rings. The summed E-state index contributed by atoms with van der Waals surface area (Å²) in [5, 5.41) is 14.0. The molecule has 0 saturated heterocycles. The van der Waals surface area contributed by atoms with Crippen LogP contribution in [0.3, 0.4) is 0 Å². The molecule has 114 valence electrons. The normalized spacial score (nSPS) is 11.8. The zero-order valence-electron chi connectivity index (χ0n) is 11.5. The predicted octanol–water partition coefficient (Wildman–Crippen LogP) is 4.39. The van der Waals surface area contributed by atoms with Crippen molar-refractivity contribution in [2.24, 2.45) is 0 Å². The molecule has 0 aliphatic heterocycles. The summed E-state index contributed by atoms with van der Waals surface area (Å²) in [6.45, 7) is 1.81. The molecule has 1 atom stereocenters. The Morgan fingerprint density at radius 2 is 1.95 bits per heavy atom. The lowest BCUT2D eigenvalue weighted by molar-refractivity contribution is -0.384. The van der Waals surface area contributed by atoms with Crippen LogP contribution in [0.5, 0.6) is 0 Å². The quantitative estimate of drug-likeness (QED) is 0.663. The number of carbonyl (C=O) groups excluding carboxylic acids is 1. The van der Waals surface area contributed by atoms with E-state index in [1.807, 2.05) is 13.0 Å². The molecule has 0 aliphatic carbocycles. The summed E-state index contributed by atoms with van der Waals surface area (Å²) < 4.78 is 0. The Labute approximate surface area is 137 Å². The van der Waals surface area contributed by atoms with Gasteiger partial charge in [0.2, 0.25) is 0 Å². The van der Waals surface area contributed by atoms with Crippen molar-refractivity contribution in [3.05, 3.63) is 73.8 Å². The average Bonchev–Trinajstić information content (AvgIpc) is 2.46. The predicted molar refractivity (Wildman–Crippen MR) is 85.4 cm³/mol. The number of nitro groups is 1. The van der Waals surface area contributed by atoms with Crippen LogP contribution in [0.1, 0.15) is 28.9 Å². The fourth-order valence-corrected chi connectivity index (χ4v) is 2.39. The van der Waals surface area contributed by atoms with Crippen molar-refractivity contribution in [3.63, 3.8) is 0 Å². The second-order valence-electron chi connectivity index (χ2n) is 4.67. The summed E-state index contributed by atoms with van der Waals surface area (Å²) in [5.74, 6) is -0.410. The summed E-state index contributed by atoms with van der Waals surface area (Å²) in [6.07, 6.45) is 0. The number of benzene rings is 2. The number of rotatable bonds is 4. The highest BCUT2D eigenvalue weighted by atomic mass is 35.5. The largest absolute Gasteiger partial charge is 0.345 e. The lowest BCUT2D eigenvalue weighted by Crippen LogP contribution is -2.26. The molecule has 0 radical (unpaired) electrons. The molecule has 22 heavy (non-hydrogen) atoms. The lowest BCUT2D eigenvalue weighted by Gasteiger charge is -2.15. The van der Waals surface area contributed by atoms with E-state index in [4.69, 9.17) is 23.2 Å². The van der Waals surface area contributed by atoms with Gasteiger partial charge in [0, 0.05) is 17.2 Å². The minimum atomic E-state index is -0.567. The van der Waals surface area contributed by atoms with Crippen LogP contribution >= 0.6 is 23.2 Å². The first-order valence-electron chi connectivity index (χ1n) is 6.38. The average molecular weight is 339 g/mol. The van der Waals surface area contributed by atoms with Crippen molar-refractivity contribution < 1.29 is 9.72 Å². The fraction of sp³-hybridized carbons (Fsp3) is 0.133. The first kappa shape index (κ1) is 16.3. The third-order valence-corrected chi connectivity index (χ3v) is 3.65. The van der Waals surface area contributed by atoms with Gasteiger partial charge in [0.1, 0.15) is 0 Å². The third-order valence-electron chi connectivity index (χ3n) is 3.10. The highest BCUT2D eigenvalue weighted by molar-refractivity contribution is 6.34. The maximum absolute atomic E-state index is 12.2. The molecular formula is C15H12Cl2N2O3. The van der Waals surface area contributed by atoms with Gasteiger partial charge in [0.05, 0.1) is 21.6 Å². The third kappa shape index (κ3) is 3.75. The number of halogens is 2. The molecule has 1 unspecified atom stereocenters. The van der Waals surface area contributed by atoms with Gasteiger partial charge in [0.15, 0.2) is 0 Å². The number of hydrogen-bond donors (Lipinski definition) is 1. The van der Waals surface area contributed by atoms with E-state index in [2.05, 4.69) is 5.32 Å². The Balaban J connectivity index is 2.17. The summed E-state index contributed by atoms with van der Waals surface area (Å²) in [4.78, 5) is 22.3. The number of nitro benzene ring substituents is 1. The van der Waals surface area contributed by atoms with Gasteiger partial charge in [-0.3, -0.25) is 14.9 Å². The molecule has 0 spiro atoms. The summed E-state index contributed by atoms with van der Waals surface area (Å²) in [6, 6.07) is 10.6.